The number of aliphatic hydroxyl groups excluding tert-OH is 1. The maximum Gasteiger partial charge on any atom is 0.227 e. The molecule has 2 N–H and O–H groups in total. The summed E-state index contributed by atoms with van der Waals surface area (Å²) < 4.78 is 0. The number of carbonyl (C=O) groups is 1. The average molecular weight is 458 g/mol. The first-order valence-electron chi connectivity index (χ1n) is 11.8. The lowest BCUT2D eigenvalue weighted by atomic mass is 9.95. The van der Waals surface area contributed by atoms with Crippen LogP contribution in [0.4, 0.5) is 5.69 Å². The van der Waals surface area contributed by atoms with E-state index >= 15 is 0 Å². The first-order chi connectivity index (χ1) is 16.3. The van der Waals surface area contributed by atoms with Crippen molar-refractivity contribution in [1.29, 1.82) is 0 Å². The number of pyridine rings is 1. The van der Waals surface area contributed by atoms with Gasteiger partial charge in [-0.2, -0.15) is 5.10 Å². The number of amides is 1. The summed E-state index contributed by atoms with van der Waals surface area (Å²) in [6, 6.07) is 18.4. The zero-order chi connectivity index (χ0) is 23.9. The van der Waals surface area contributed by atoms with E-state index in [2.05, 4.69) is 51.9 Å². The van der Waals surface area contributed by atoms with Gasteiger partial charge >= 0.3 is 0 Å². The Labute approximate surface area is 200 Å². The number of rotatable bonds is 4. The van der Waals surface area contributed by atoms with Crippen LogP contribution in [0.5, 0.6) is 0 Å². The molecule has 176 valence electrons. The molecule has 1 amide bonds. The van der Waals surface area contributed by atoms with Crippen LogP contribution in [0.2, 0.25) is 0 Å². The molecule has 1 saturated heterocycles. The number of anilines is 1. The monoisotopic (exact) mass is 457 g/mol. The van der Waals surface area contributed by atoms with Crippen LogP contribution in [0.1, 0.15) is 33.6 Å². The summed E-state index contributed by atoms with van der Waals surface area (Å²) in [6.07, 6.45) is 2.55. The Balaban J connectivity index is 1.30. The molecule has 1 fully saturated rings. The van der Waals surface area contributed by atoms with Crippen LogP contribution in [0.25, 0.3) is 22.0 Å². The lowest BCUT2D eigenvalue weighted by Crippen LogP contribution is -2.41. The molecule has 3 aromatic rings. The van der Waals surface area contributed by atoms with Crippen molar-refractivity contribution in [2.75, 3.05) is 18.0 Å². The molecule has 0 radical (unpaired) electrons. The number of hydrogen-bond donors (Lipinski definition) is 2. The predicted octanol–water partition coefficient (Wildman–Crippen LogP) is 4.19. The highest BCUT2D eigenvalue weighted by Crippen LogP contribution is 2.30. The Kier molecular flexibility index (Phi) is 5.73. The lowest BCUT2D eigenvalue weighted by Gasteiger charge is -2.27. The number of aromatic nitrogens is 1. The number of amidine groups is 1. The van der Waals surface area contributed by atoms with Gasteiger partial charge in [0.05, 0.1) is 5.52 Å². The molecule has 2 atom stereocenters. The van der Waals surface area contributed by atoms with Crippen molar-refractivity contribution in [3.05, 3.63) is 60.8 Å². The molecule has 34 heavy (non-hydrogen) atoms. The van der Waals surface area contributed by atoms with Crippen LogP contribution in [0.3, 0.4) is 0 Å². The highest BCUT2D eigenvalue weighted by Gasteiger charge is 2.35. The number of nitrogens with one attached hydrogen (secondary N) is 1. The molecule has 0 bridgehead atoms. The van der Waals surface area contributed by atoms with Gasteiger partial charge in [-0.15, -0.1) is 0 Å². The quantitative estimate of drug-likeness (QED) is 0.614. The highest BCUT2D eigenvalue weighted by molar-refractivity contribution is 5.99. The topological polar surface area (TPSA) is 81.1 Å². The van der Waals surface area contributed by atoms with E-state index in [4.69, 9.17) is 0 Å². The Morgan fingerprint density at radius 1 is 1.12 bits per heavy atom. The largest absolute Gasteiger partial charge is 0.355 e. The maximum absolute atomic E-state index is 12.6. The van der Waals surface area contributed by atoms with Crippen molar-refractivity contribution in [2.24, 2.45) is 16.4 Å². The second-order valence-electron chi connectivity index (χ2n) is 10.2. The number of aliphatic hydroxyl groups is 1. The van der Waals surface area contributed by atoms with Crippen molar-refractivity contribution in [1.82, 2.24) is 15.3 Å². The summed E-state index contributed by atoms with van der Waals surface area (Å²) in [6.45, 7) is 7.39. The molecule has 2 aliphatic rings. The average Bonchev–Trinajstić information content (AvgIpc) is 3.44. The molecule has 7 nitrogen and oxygen atoms in total. The molecular weight excluding hydrogens is 426 g/mol. The van der Waals surface area contributed by atoms with Gasteiger partial charge in [-0.3, -0.25) is 20.1 Å². The summed E-state index contributed by atoms with van der Waals surface area (Å²) in [7, 11) is 0. The molecule has 1 unspecified atom stereocenters. The molecule has 5 rings (SSSR count). The standard InChI is InChI=1S/C27H31N5O2/c1-27(2,3)25(33)31-14-12-18(17-31)15-24-29-30-26(34)32(24)22-10-8-19(9-11-22)21-7-6-20-5-4-13-28-23(20)16-21/h4-11,13,16,18,26,30,34H,12,14-15,17H2,1-3H3/t18-,26?/m0/s1. The first-order valence-corrected chi connectivity index (χ1v) is 11.8. The number of benzene rings is 2. The third-order valence-corrected chi connectivity index (χ3v) is 6.60. The smallest absolute Gasteiger partial charge is 0.227 e. The minimum atomic E-state index is -0.903. The molecule has 0 aliphatic carbocycles. The summed E-state index contributed by atoms with van der Waals surface area (Å²) in [5, 5.41) is 16.1. The molecular formula is C27H31N5O2. The van der Waals surface area contributed by atoms with Gasteiger partial charge in [0.1, 0.15) is 5.84 Å². The zero-order valence-corrected chi connectivity index (χ0v) is 19.9. The van der Waals surface area contributed by atoms with Gasteiger partial charge in [-0.05, 0) is 47.7 Å². The van der Waals surface area contributed by atoms with Crippen LogP contribution >= 0.6 is 0 Å². The Morgan fingerprint density at radius 3 is 2.65 bits per heavy atom. The van der Waals surface area contributed by atoms with Crippen LogP contribution in [-0.2, 0) is 4.79 Å². The molecule has 0 spiro atoms. The summed E-state index contributed by atoms with van der Waals surface area (Å²) in [5.41, 5.74) is 6.45. The van der Waals surface area contributed by atoms with Gasteiger partial charge in [0.2, 0.25) is 12.3 Å². The van der Waals surface area contributed by atoms with Crippen molar-refractivity contribution >= 4 is 28.3 Å². The molecule has 1 aromatic heterocycles. The molecule has 3 heterocycles. The Morgan fingerprint density at radius 2 is 1.88 bits per heavy atom. The lowest BCUT2D eigenvalue weighted by molar-refractivity contribution is -0.138. The fraction of sp³-hybridized carbons (Fsp3) is 0.370. The van der Waals surface area contributed by atoms with Crippen LogP contribution in [0, 0.1) is 11.3 Å². The van der Waals surface area contributed by atoms with Crippen LogP contribution in [0.15, 0.2) is 65.9 Å². The predicted molar refractivity (Wildman–Crippen MR) is 135 cm³/mol. The third kappa shape index (κ3) is 4.35. The summed E-state index contributed by atoms with van der Waals surface area (Å²) in [4.78, 5) is 20.9. The van der Waals surface area contributed by atoms with E-state index in [9.17, 15) is 9.90 Å². The van der Waals surface area contributed by atoms with Gasteiger partial charge in [0.15, 0.2) is 0 Å². The number of nitrogens with zero attached hydrogens (tertiary/aromatic N) is 4. The Bertz CT molecular complexity index is 1230. The summed E-state index contributed by atoms with van der Waals surface area (Å²) >= 11 is 0. The van der Waals surface area contributed by atoms with Crippen LogP contribution < -0.4 is 10.3 Å². The Hall–Kier alpha value is -3.45. The zero-order valence-electron chi connectivity index (χ0n) is 19.9. The normalized spacial score (nSPS) is 20.5. The van der Waals surface area contributed by atoms with E-state index in [0.29, 0.717) is 12.3 Å². The van der Waals surface area contributed by atoms with E-state index in [1.807, 2.05) is 48.8 Å². The minimum Gasteiger partial charge on any atom is -0.355 e. The number of hydrogen-bond acceptors (Lipinski definition) is 6. The number of likely N-dealkylation sites (tertiary alicyclic amines) is 1. The number of fused-ring (bicyclic) bond motifs is 1. The SMILES string of the molecule is CC(C)(C)C(=O)N1CC[C@@H](CC2=NNC(O)N2c2ccc(-c3ccc4cccnc4c3)cc2)C1. The fourth-order valence-corrected chi connectivity index (χ4v) is 4.80. The van der Waals surface area contributed by atoms with E-state index in [0.717, 1.165) is 53.1 Å². The first kappa shape index (κ1) is 22.3. The van der Waals surface area contributed by atoms with Crippen molar-refractivity contribution in [3.63, 3.8) is 0 Å². The van der Waals surface area contributed by atoms with Crippen molar-refractivity contribution in [3.8, 4) is 11.1 Å². The van der Waals surface area contributed by atoms with Gasteiger partial charge < -0.3 is 10.0 Å². The number of hydrazone groups is 1. The number of carbonyl (C=O) groups excluding carboxylic acids is 1. The van der Waals surface area contributed by atoms with Crippen molar-refractivity contribution < 1.29 is 9.90 Å². The highest BCUT2D eigenvalue weighted by atomic mass is 16.3. The van der Waals surface area contributed by atoms with Gasteiger partial charge in [0, 0.05) is 42.2 Å². The second-order valence-corrected chi connectivity index (χ2v) is 10.2. The van der Waals surface area contributed by atoms with Gasteiger partial charge in [-0.25, -0.2) is 0 Å². The second kappa shape index (κ2) is 8.72. The third-order valence-electron chi connectivity index (χ3n) is 6.60. The van der Waals surface area contributed by atoms with E-state index < -0.39 is 6.35 Å². The maximum atomic E-state index is 12.6. The molecule has 0 saturated carbocycles. The fourth-order valence-electron chi connectivity index (χ4n) is 4.80. The minimum absolute atomic E-state index is 0.192. The van der Waals surface area contributed by atoms with E-state index in [1.165, 1.54) is 0 Å². The molecule has 7 heteroatoms. The van der Waals surface area contributed by atoms with Crippen LogP contribution in [-0.4, -0.2) is 46.2 Å². The summed E-state index contributed by atoms with van der Waals surface area (Å²) in [5.74, 6) is 1.31. The molecule has 2 aromatic carbocycles. The van der Waals surface area contributed by atoms with Gasteiger partial charge in [0.25, 0.3) is 0 Å². The molecule has 2 aliphatic heterocycles. The van der Waals surface area contributed by atoms with E-state index in [-0.39, 0.29) is 11.3 Å². The van der Waals surface area contributed by atoms with E-state index in [1.54, 1.807) is 6.20 Å². The van der Waals surface area contributed by atoms with Gasteiger partial charge in [-0.1, -0.05) is 51.1 Å². The van der Waals surface area contributed by atoms with Crippen molar-refractivity contribution in [2.45, 2.75) is 40.0 Å².